The Balaban J connectivity index is 1.86. The number of carbonyl (C=O) groups is 2. The maximum Gasteiger partial charge on any atom is 0.226 e. The van der Waals surface area contributed by atoms with Crippen LogP contribution in [0.1, 0.15) is 36.5 Å². The molecule has 0 aliphatic heterocycles. The molecule has 0 aromatic heterocycles. The van der Waals surface area contributed by atoms with Crippen molar-refractivity contribution < 1.29 is 14.0 Å². The molecule has 0 aliphatic rings. The molecule has 0 aliphatic carbocycles. The topological polar surface area (TPSA) is 37.4 Å². The van der Waals surface area contributed by atoms with Gasteiger partial charge >= 0.3 is 0 Å². The quantitative estimate of drug-likeness (QED) is 0.717. The van der Waals surface area contributed by atoms with Gasteiger partial charge in [-0.15, -0.1) is 0 Å². The number of ketones is 1. The highest BCUT2D eigenvalue weighted by atomic mass is 19.1. The van der Waals surface area contributed by atoms with E-state index in [-0.39, 0.29) is 23.9 Å². The van der Waals surface area contributed by atoms with Gasteiger partial charge in [0, 0.05) is 30.6 Å². The van der Waals surface area contributed by atoms with Crippen molar-refractivity contribution in [2.24, 2.45) is 0 Å². The summed E-state index contributed by atoms with van der Waals surface area (Å²) >= 11 is 0. The zero-order chi connectivity index (χ0) is 16.7. The predicted molar refractivity (Wildman–Crippen MR) is 89.1 cm³/mol. The fraction of sp³-hybridized carbons (Fsp3) is 0.263. The molecule has 2 aromatic rings. The molecule has 1 amide bonds. The number of anilines is 1. The first-order valence-electron chi connectivity index (χ1n) is 7.76. The Morgan fingerprint density at radius 3 is 2.22 bits per heavy atom. The first-order valence-corrected chi connectivity index (χ1v) is 7.76. The molecule has 3 nitrogen and oxygen atoms in total. The van der Waals surface area contributed by atoms with Crippen LogP contribution in [-0.4, -0.2) is 18.2 Å². The van der Waals surface area contributed by atoms with Crippen LogP contribution in [-0.2, 0) is 4.79 Å². The van der Waals surface area contributed by atoms with E-state index in [1.807, 2.05) is 37.3 Å². The third kappa shape index (κ3) is 4.74. The molecule has 0 bridgehead atoms. The van der Waals surface area contributed by atoms with Crippen molar-refractivity contribution in [3.8, 4) is 0 Å². The molecule has 120 valence electrons. The highest BCUT2D eigenvalue weighted by Gasteiger charge is 2.14. The molecule has 0 spiro atoms. The minimum Gasteiger partial charge on any atom is -0.313 e. The van der Waals surface area contributed by atoms with Gasteiger partial charge in [-0.2, -0.15) is 0 Å². The largest absolute Gasteiger partial charge is 0.313 e. The minimum atomic E-state index is -0.363. The number of rotatable bonds is 7. The summed E-state index contributed by atoms with van der Waals surface area (Å²) in [5, 5.41) is 0. The SMILES string of the molecule is CCN(C(=O)CCCC(=O)c1ccc(F)cc1)c1ccccc1. The van der Waals surface area contributed by atoms with Gasteiger partial charge in [0.2, 0.25) is 5.91 Å². The van der Waals surface area contributed by atoms with E-state index in [1.54, 1.807) is 4.90 Å². The molecule has 0 heterocycles. The van der Waals surface area contributed by atoms with Crippen LogP contribution in [0.2, 0.25) is 0 Å². The number of nitrogens with zero attached hydrogens (tertiary/aromatic N) is 1. The van der Waals surface area contributed by atoms with Gasteiger partial charge in [0.15, 0.2) is 5.78 Å². The fourth-order valence-corrected chi connectivity index (χ4v) is 2.43. The molecule has 2 rings (SSSR count). The number of Topliss-reactive ketones (excluding diaryl/α,β-unsaturated/α-hetero) is 1. The summed E-state index contributed by atoms with van der Waals surface area (Å²) in [6, 6.07) is 15.0. The lowest BCUT2D eigenvalue weighted by atomic mass is 10.1. The van der Waals surface area contributed by atoms with Crippen LogP contribution in [0, 0.1) is 5.82 Å². The normalized spacial score (nSPS) is 10.3. The van der Waals surface area contributed by atoms with Gasteiger partial charge in [-0.1, -0.05) is 18.2 Å². The number of hydrogen-bond acceptors (Lipinski definition) is 2. The Morgan fingerprint density at radius 2 is 1.61 bits per heavy atom. The Hall–Kier alpha value is -2.49. The predicted octanol–water partition coefficient (Wildman–Crippen LogP) is 4.23. The minimum absolute atomic E-state index is 0.00519. The van der Waals surface area contributed by atoms with E-state index in [9.17, 15) is 14.0 Å². The highest BCUT2D eigenvalue weighted by Crippen LogP contribution is 2.16. The van der Waals surface area contributed by atoms with Crippen LogP contribution in [0.4, 0.5) is 10.1 Å². The summed E-state index contributed by atoms with van der Waals surface area (Å²) in [6.45, 7) is 2.52. The van der Waals surface area contributed by atoms with Crippen LogP contribution in [0.5, 0.6) is 0 Å². The van der Waals surface area contributed by atoms with Crippen LogP contribution in [0.15, 0.2) is 54.6 Å². The number of para-hydroxylation sites is 1. The first kappa shape index (κ1) is 16.9. The molecule has 0 saturated heterocycles. The molecule has 0 fully saturated rings. The number of amides is 1. The zero-order valence-electron chi connectivity index (χ0n) is 13.2. The molecule has 4 heteroatoms. The lowest BCUT2D eigenvalue weighted by molar-refractivity contribution is -0.118. The van der Waals surface area contributed by atoms with E-state index < -0.39 is 0 Å². The summed E-state index contributed by atoms with van der Waals surface area (Å²) in [5.41, 5.74) is 1.35. The molecule has 0 saturated carbocycles. The van der Waals surface area contributed by atoms with E-state index >= 15 is 0 Å². The van der Waals surface area contributed by atoms with Crippen molar-refractivity contribution in [2.75, 3.05) is 11.4 Å². The second kappa shape index (κ2) is 8.22. The van der Waals surface area contributed by atoms with Crippen LogP contribution < -0.4 is 4.90 Å². The third-order valence-electron chi connectivity index (χ3n) is 3.65. The van der Waals surface area contributed by atoms with E-state index in [4.69, 9.17) is 0 Å². The molecule has 0 atom stereocenters. The van der Waals surface area contributed by atoms with E-state index in [0.29, 0.717) is 24.9 Å². The monoisotopic (exact) mass is 313 g/mol. The van der Waals surface area contributed by atoms with E-state index in [1.165, 1.54) is 24.3 Å². The zero-order valence-corrected chi connectivity index (χ0v) is 13.2. The molecule has 0 N–H and O–H groups in total. The maximum absolute atomic E-state index is 12.8. The molecular weight excluding hydrogens is 293 g/mol. The first-order chi connectivity index (χ1) is 11.1. The number of halogens is 1. The summed E-state index contributed by atoms with van der Waals surface area (Å²) < 4.78 is 12.8. The van der Waals surface area contributed by atoms with Gasteiger partial charge in [-0.3, -0.25) is 9.59 Å². The third-order valence-corrected chi connectivity index (χ3v) is 3.65. The lowest BCUT2D eigenvalue weighted by Gasteiger charge is -2.20. The number of carbonyl (C=O) groups excluding carboxylic acids is 2. The van der Waals surface area contributed by atoms with Gasteiger partial charge in [-0.25, -0.2) is 4.39 Å². The molecule has 23 heavy (non-hydrogen) atoms. The van der Waals surface area contributed by atoms with Crippen molar-refractivity contribution in [3.63, 3.8) is 0 Å². The smallest absolute Gasteiger partial charge is 0.226 e. The van der Waals surface area contributed by atoms with Crippen LogP contribution >= 0.6 is 0 Å². The van der Waals surface area contributed by atoms with Gasteiger partial charge in [-0.05, 0) is 49.7 Å². The Morgan fingerprint density at radius 1 is 0.957 bits per heavy atom. The number of benzene rings is 2. The lowest BCUT2D eigenvalue weighted by Crippen LogP contribution is -2.30. The van der Waals surface area contributed by atoms with Crippen molar-refractivity contribution >= 4 is 17.4 Å². The summed E-state index contributed by atoms with van der Waals surface area (Å²) in [5.74, 6) is -0.427. The Labute approximate surface area is 135 Å². The van der Waals surface area contributed by atoms with Crippen molar-refractivity contribution in [2.45, 2.75) is 26.2 Å². The summed E-state index contributed by atoms with van der Waals surface area (Å²) in [7, 11) is 0. The van der Waals surface area contributed by atoms with Gasteiger partial charge in [0.05, 0.1) is 0 Å². The van der Waals surface area contributed by atoms with Gasteiger partial charge < -0.3 is 4.90 Å². The highest BCUT2D eigenvalue weighted by molar-refractivity contribution is 5.97. The average Bonchev–Trinajstić information content (AvgIpc) is 2.57. The number of hydrogen-bond donors (Lipinski definition) is 0. The average molecular weight is 313 g/mol. The van der Waals surface area contributed by atoms with Crippen molar-refractivity contribution in [3.05, 3.63) is 66.0 Å². The maximum atomic E-state index is 12.8. The fourth-order valence-electron chi connectivity index (χ4n) is 2.43. The molecule has 2 aromatic carbocycles. The van der Waals surface area contributed by atoms with Crippen LogP contribution in [0.25, 0.3) is 0 Å². The van der Waals surface area contributed by atoms with Gasteiger partial charge in [0.25, 0.3) is 0 Å². The molecular formula is C19H20FNO2. The summed E-state index contributed by atoms with van der Waals surface area (Å²) in [6.07, 6.45) is 1.08. The Kier molecular flexibility index (Phi) is 6.03. The molecule has 0 radical (unpaired) electrons. The van der Waals surface area contributed by atoms with Crippen LogP contribution in [0.3, 0.4) is 0 Å². The second-order valence-electron chi connectivity index (χ2n) is 5.26. The van der Waals surface area contributed by atoms with Crippen molar-refractivity contribution in [1.29, 1.82) is 0 Å². The summed E-state index contributed by atoms with van der Waals surface area (Å²) in [4.78, 5) is 26.0. The standard InChI is InChI=1S/C19H20FNO2/c1-2-21(17-7-4-3-5-8-17)19(23)10-6-9-18(22)15-11-13-16(20)14-12-15/h3-5,7-8,11-14H,2,6,9-10H2,1H3. The van der Waals surface area contributed by atoms with Crippen molar-refractivity contribution in [1.82, 2.24) is 0 Å². The second-order valence-corrected chi connectivity index (χ2v) is 5.26. The van der Waals surface area contributed by atoms with Gasteiger partial charge in [0.1, 0.15) is 5.82 Å². The van der Waals surface area contributed by atoms with E-state index in [0.717, 1.165) is 5.69 Å². The Bertz CT molecular complexity index is 653. The van der Waals surface area contributed by atoms with E-state index in [2.05, 4.69) is 0 Å². The molecule has 0 unspecified atom stereocenters.